The number of pyridine rings is 1. The molecule has 2 N–H and O–H groups in total. The van der Waals surface area contributed by atoms with Crippen molar-refractivity contribution >= 4 is 28.3 Å². The van der Waals surface area contributed by atoms with Gasteiger partial charge in [-0.2, -0.15) is 0 Å². The first-order valence-corrected chi connectivity index (χ1v) is 9.90. The number of aliphatic hydroxyl groups is 1. The molecular weight excluding hydrogens is 419 g/mol. The summed E-state index contributed by atoms with van der Waals surface area (Å²) in [5.41, 5.74) is 0.666. The third kappa shape index (κ3) is 3.71. The molecule has 0 saturated heterocycles. The molecule has 0 fully saturated rings. The first-order valence-electron chi connectivity index (χ1n) is 9.52. The molecule has 0 spiro atoms. The summed E-state index contributed by atoms with van der Waals surface area (Å²) in [4.78, 5) is 26.5. The number of nitrogens with zero attached hydrogens (tertiary/aromatic N) is 1. The highest BCUT2D eigenvalue weighted by Gasteiger charge is 2.24. The molecular formula is C24H18ClFN2O3. The largest absolute Gasteiger partial charge is 0.369 e. The van der Waals surface area contributed by atoms with Crippen molar-refractivity contribution in [2.45, 2.75) is 13.2 Å². The molecule has 0 bridgehead atoms. The number of amides is 1. The zero-order valence-electron chi connectivity index (χ0n) is 16.5. The number of rotatable bonds is 4. The van der Waals surface area contributed by atoms with E-state index in [1.165, 1.54) is 22.8 Å². The van der Waals surface area contributed by atoms with Gasteiger partial charge in [0.05, 0.1) is 16.0 Å². The number of aromatic nitrogens is 1. The van der Waals surface area contributed by atoms with Crippen molar-refractivity contribution in [3.8, 4) is 5.69 Å². The Labute approximate surface area is 182 Å². The first-order chi connectivity index (χ1) is 14.9. The van der Waals surface area contributed by atoms with Gasteiger partial charge < -0.3 is 10.4 Å². The fourth-order valence-electron chi connectivity index (χ4n) is 3.67. The molecule has 3 aromatic carbocycles. The van der Waals surface area contributed by atoms with Gasteiger partial charge in [0, 0.05) is 22.3 Å². The van der Waals surface area contributed by atoms with Crippen LogP contribution < -0.4 is 10.9 Å². The lowest BCUT2D eigenvalue weighted by Gasteiger charge is -2.19. The molecule has 7 heteroatoms. The Morgan fingerprint density at radius 1 is 1.03 bits per heavy atom. The van der Waals surface area contributed by atoms with Gasteiger partial charge in [0.1, 0.15) is 5.82 Å². The van der Waals surface area contributed by atoms with E-state index in [9.17, 15) is 19.1 Å². The highest BCUT2D eigenvalue weighted by Crippen LogP contribution is 2.27. The van der Waals surface area contributed by atoms with Crippen LogP contribution in [0.25, 0.3) is 16.5 Å². The van der Waals surface area contributed by atoms with E-state index in [4.69, 9.17) is 11.6 Å². The highest BCUT2D eigenvalue weighted by atomic mass is 35.5. The summed E-state index contributed by atoms with van der Waals surface area (Å²) in [7, 11) is 0. The van der Waals surface area contributed by atoms with Crippen molar-refractivity contribution in [1.82, 2.24) is 9.88 Å². The van der Waals surface area contributed by atoms with Crippen molar-refractivity contribution in [1.29, 1.82) is 0 Å². The Kier molecular flexibility index (Phi) is 5.59. The van der Waals surface area contributed by atoms with E-state index in [0.29, 0.717) is 16.8 Å². The molecule has 31 heavy (non-hydrogen) atoms. The van der Waals surface area contributed by atoms with Gasteiger partial charge in [-0.15, -0.1) is 0 Å². The number of hydrogen-bond acceptors (Lipinski definition) is 3. The number of benzene rings is 3. The summed E-state index contributed by atoms with van der Waals surface area (Å²) in [5, 5.41) is 13.6. The van der Waals surface area contributed by atoms with E-state index in [0.717, 1.165) is 0 Å². The normalized spacial score (nSPS) is 12.0. The van der Waals surface area contributed by atoms with Crippen LogP contribution in [-0.4, -0.2) is 15.6 Å². The molecule has 156 valence electrons. The van der Waals surface area contributed by atoms with E-state index in [2.05, 4.69) is 5.32 Å². The minimum atomic E-state index is -1.57. The fourth-order valence-corrected chi connectivity index (χ4v) is 3.92. The second-order valence-corrected chi connectivity index (χ2v) is 7.40. The van der Waals surface area contributed by atoms with Crippen LogP contribution in [0.4, 0.5) is 4.39 Å². The maximum absolute atomic E-state index is 14.0. The van der Waals surface area contributed by atoms with Crippen LogP contribution in [0.3, 0.4) is 0 Å². The number of fused-ring (bicyclic) bond motifs is 1. The number of hydrogen-bond donors (Lipinski definition) is 2. The second kappa shape index (κ2) is 8.34. The molecule has 1 atom stereocenters. The van der Waals surface area contributed by atoms with Gasteiger partial charge in [-0.05, 0) is 31.2 Å². The SMILES string of the molecule is Cc1c(C(=O)N[C@@H](O)c2ccccc2F)c2cccc(Cl)c2c(=O)n1-c1ccccc1. The van der Waals surface area contributed by atoms with Crippen LogP contribution in [0.2, 0.25) is 5.02 Å². The minimum absolute atomic E-state index is 0.0628. The standard InChI is InChI=1S/C24H18ClFN2O3/c1-14-20(23(30)27-22(29)16-10-5-6-13-19(16)26)17-11-7-12-18(25)21(17)24(31)28(14)15-8-3-2-4-9-15/h2-13,22,29H,1H3,(H,27,30)/t22-/m0/s1. The van der Waals surface area contributed by atoms with Gasteiger partial charge in [0.2, 0.25) is 0 Å². The Morgan fingerprint density at radius 2 is 1.71 bits per heavy atom. The van der Waals surface area contributed by atoms with Crippen molar-refractivity contribution < 1.29 is 14.3 Å². The molecule has 0 saturated carbocycles. The smallest absolute Gasteiger partial charge is 0.264 e. The van der Waals surface area contributed by atoms with E-state index in [1.807, 2.05) is 6.07 Å². The van der Waals surface area contributed by atoms with Gasteiger partial charge in [0.25, 0.3) is 11.5 Å². The number of nitrogens with one attached hydrogen (secondary N) is 1. The predicted molar refractivity (Wildman–Crippen MR) is 118 cm³/mol. The predicted octanol–water partition coefficient (Wildman–Crippen LogP) is 4.51. The van der Waals surface area contributed by atoms with Gasteiger partial charge in [-0.1, -0.05) is 60.1 Å². The molecule has 1 aromatic heterocycles. The van der Waals surface area contributed by atoms with Gasteiger partial charge >= 0.3 is 0 Å². The molecule has 1 heterocycles. The quantitative estimate of drug-likeness (QED) is 0.462. The molecule has 4 rings (SSSR count). The number of carbonyl (C=O) groups excluding carboxylic acids is 1. The third-order valence-corrected chi connectivity index (χ3v) is 5.42. The molecule has 0 aliphatic carbocycles. The van der Waals surface area contributed by atoms with Crippen molar-refractivity contribution in [2.75, 3.05) is 0 Å². The lowest BCUT2D eigenvalue weighted by molar-refractivity contribution is 0.0777. The van der Waals surface area contributed by atoms with E-state index < -0.39 is 18.0 Å². The number of carbonyl (C=O) groups is 1. The third-order valence-electron chi connectivity index (χ3n) is 5.11. The number of para-hydroxylation sites is 1. The van der Waals surface area contributed by atoms with Crippen LogP contribution in [0.5, 0.6) is 0 Å². The molecule has 0 aliphatic heterocycles. The summed E-state index contributed by atoms with van der Waals surface area (Å²) in [6, 6.07) is 19.3. The molecule has 0 unspecified atom stereocenters. The average Bonchev–Trinajstić information content (AvgIpc) is 2.74. The van der Waals surface area contributed by atoms with Crippen LogP contribution in [0, 0.1) is 12.7 Å². The molecule has 1 amide bonds. The second-order valence-electron chi connectivity index (χ2n) is 7.00. The zero-order valence-corrected chi connectivity index (χ0v) is 17.2. The van der Waals surface area contributed by atoms with Gasteiger partial charge in [0.15, 0.2) is 6.23 Å². The summed E-state index contributed by atoms with van der Waals surface area (Å²) < 4.78 is 15.4. The van der Waals surface area contributed by atoms with E-state index in [1.54, 1.807) is 55.5 Å². The van der Waals surface area contributed by atoms with E-state index >= 15 is 0 Å². The molecule has 4 aromatic rings. The topological polar surface area (TPSA) is 71.3 Å². The van der Waals surface area contributed by atoms with Crippen LogP contribution >= 0.6 is 11.6 Å². The fraction of sp³-hybridized carbons (Fsp3) is 0.0833. The minimum Gasteiger partial charge on any atom is -0.369 e. The average molecular weight is 437 g/mol. The monoisotopic (exact) mass is 436 g/mol. The van der Waals surface area contributed by atoms with Crippen LogP contribution in [-0.2, 0) is 0 Å². The number of halogens is 2. The maximum atomic E-state index is 14.0. The Bertz CT molecular complexity index is 1350. The summed E-state index contributed by atoms with van der Waals surface area (Å²) in [5.74, 6) is -1.31. The summed E-state index contributed by atoms with van der Waals surface area (Å²) >= 11 is 6.33. The van der Waals surface area contributed by atoms with Crippen molar-refractivity contribution in [3.05, 3.63) is 111 Å². The maximum Gasteiger partial charge on any atom is 0.264 e. The Balaban J connectivity index is 1.91. The Hall–Kier alpha value is -3.48. The lowest BCUT2D eigenvalue weighted by atomic mass is 10.0. The van der Waals surface area contributed by atoms with Crippen molar-refractivity contribution in [2.24, 2.45) is 0 Å². The van der Waals surface area contributed by atoms with Crippen LogP contribution in [0.1, 0.15) is 27.8 Å². The van der Waals surface area contributed by atoms with E-state index in [-0.39, 0.29) is 27.1 Å². The zero-order chi connectivity index (χ0) is 22.1. The van der Waals surface area contributed by atoms with Gasteiger partial charge in [-0.25, -0.2) is 4.39 Å². The Morgan fingerprint density at radius 3 is 2.42 bits per heavy atom. The van der Waals surface area contributed by atoms with Gasteiger partial charge in [-0.3, -0.25) is 14.2 Å². The molecule has 0 aliphatic rings. The molecule has 0 radical (unpaired) electrons. The first kappa shape index (κ1) is 20.8. The lowest BCUT2D eigenvalue weighted by Crippen LogP contribution is -2.32. The summed E-state index contributed by atoms with van der Waals surface area (Å²) in [6.07, 6.45) is -1.57. The highest BCUT2D eigenvalue weighted by molar-refractivity contribution is 6.36. The summed E-state index contributed by atoms with van der Waals surface area (Å²) in [6.45, 7) is 1.64. The number of aliphatic hydroxyl groups excluding tert-OH is 1. The molecule has 5 nitrogen and oxygen atoms in total. The van der Waals surface area contributed by atoms with Crippen LogP contribution in [0.15, 0.2) is 77.6 Å². The van der Waals surface area contributed by atoms with Crippen molar-refractivity contribution in [3.63, 3.8) is 0 Å².